The van der Waals surface area contributed by atoms with Crippen LogP contribution in [0.4, 0.5) is 10.8 Å². The summed E-state index contributed by atoms with van der Waals surface area (Å²) < 4.78 is 5.76. The van der Waals surface area contributed by atoms with Gasteiger partial charge in [0.2, 0.25) is 0 Å². The zero-order valence-corrected chi connectivity index (χ0v) is 15.5. The quantitative estimate of drug-likeness (QED) is 0.440. The number of carbonyl (C=O) groups excluding carboxylic acids is 1. The Hall–Kier alpha value is -1.88. The van der Waals surface area contributed by atoms with E-state index >= 15 is 0 Å². The van der Waals surface area contributed by atoms with Crippen LogP contribution in [0.15, 0.2) is 24.3 Å². The van der Waals surface area contributed by atoms with E-state index in [9.17, 15) is 4.79 Å². The van der Waals surface area contributed by atoms with Crippen molar-refractivity contribution in [3.05, 3.63) is 34.8 Å². The topological polar surface area (TPSA) is 51.2 Å². The van der Waals surface area contributed by atoms with Gasteiger partial charge in [0.05, 0.1) is 17.2 Å². The van der Waals surface area contributed by atoms with Crippen LogP contribution in [0.1, 0.15) is 61.3 Å². The SMILES string of the molecule is CCCCCCCOc1ccc(Nc2nc(C)c(C(C)=O)s2)cc1. The van der Waals surface area contributed by atoms with Gasteiger partial charge in [0.1, 0.15) is 5.75 Å². The first-order valence-electron chi connectivity index (χ1n) is 8.58. The Balaban J connectivity index is 1.81. The average molecular weight is 346 g/mol. The predicted molar refractivity (Wildman–Crippen MR) is 101 cm³/mol. The molecule has 0 aliphatic rings. The van der Waals surface area contributed by atoms with Gasteiger partial charge in [-0.1, -0.05) is 43.9 Å². The third-order valence-electron chi connectivity index (χ3n) is 3.74. The molecule has 0 spiro atoms. The molecule has 0 bridgehead atoms. The van der Waals surface area contributed by atoms with Gasteiger partial charge in [-0.2, -0.15) is 0 Å². The van der Waals surface area contributed by atoms with Crippen LogP contribution in [0, 0.1) is 6.92 Å². The first kappa shape index (κ1) is 18.5. The largest absolute Gasteiger partial charge is 0.494 e. The van der Waals surface area contributed by atoms with Gasteiger partial charge in [0.15, 0.2) is 10.9 Å². The summed E-state index contributed by atoms with van der Waals surface area (Å²) in [5.74, 6) is 0.941. The number of benzene rings is 1. The molecule has 1 N–H and O–H groups in total. The number of unbranched alkanes of at least 4 members (excludes halogenated alkanes) is 4. The Bertz CT molecular complexity index is 650. The zero-order chi connectivity index (χ0) is 17.4. The van der Waals surface area contributed by atoms with E-state index in [-0.39, 0.29) is 5.78 Å². The minimum absolute atomic E-state index is 0.0562. The second-order valence-electron chi connectivity index (χ2n) is 5.90. The number of anilines is 2. The second kappa shape index (κ2) is 9.42. The Morgan fingerprint density at radius 1 is 1.17 bits per heavy atom. The van der Waals surface area contributed by atoms with Crippen LogP contribution in [0.25, 0.3) is 0 Å². The van der Waals surface area contributed by atoms with E-state index in [0.29, 0.717) is 4.88 Å². The van der Waals surface area contributed by atoms with Crippen molar-refractivity contribution in [1.29, 1.82) is 0 Å². The summed E-state index contributed by atoms with van der Waals surface area (Å²) in [7, 11) is 0. The molecule has 2 rings (SSSR count). The van der Waals surface area contributed by atoms with E-state index in [2.05, 4.69) is 17.2 Å². The number of hydrogen-bond donors (Lipinski definition) is 1. The molecule has 2 aromatic rings. The van der Waals surface area contributed by atoms with Crippen molar-refractivity contribution in [3.8, 4) is 5.75 Å². The van der Waals surface area contributed by atoms with Crippen molar-refractivity contribution in [1.82, 2.24) is 4.98 Å². The fourth-order valence-corrected chi connectivity index (χ4v) is 3.31. The van der Waals surface area contributed by atoms with E-state index in [1.54, 1.807) is 6.92 Å². The fraction of sp³-hybridized carbons (Fsp3) is 0.474. The molecule has 4 nitrogen and oxygen atoms in total. The standard InChI is InChI=1S/C19H26N2O2S/c1-4-5-6-7-8-13-23-17-11-9-16(10-12-17)21-19-20-14(2)18(24-19)15(3)22/h9-12H,4-8,13H2,1-3H3,(H,20,21). The smallest absolute Gasteiger partial charge is 0.188 e. The molecule has 5 heteroatoms. The third-order valence-corrected chi connectivity index (χ3v) is 4.91. The number of carbonyl (C=O) groups is 1. The predicted octanol–water partition coefficient (Wildman–Crippen LogP) is 5.75. The number of aromatic nitrogens is 1. The normalized spacial score (nSPS) is 10.6. The molecule has 1 aromatic carbocycles. The lowest BCUT2D eigenvalue weighted by Crippen LogP contribution is -1.97. The van der Waals surface area contributed by atoms with E-state index in [0.717, 1.165) is 35.3 Å². The zero-order valence-electron chi connectivity index (χ0n) is 14.7. The number of nitrogens with zero attached hydrogens (tertiary/aromatic N) is 1. The summed E-state index contributed by atoms with van der Waals surface area (Å²) in [5.41, 5.74) is 1.71. The van der Waals surface area contributed by atoms with E-state index in [1.165, 1.54) is 37.0 Å². The molecule has 0 fully saturated rings. The van der Waals surface area contributed by atoms with Crippen molar-refractivity contribution in [2.24, 2.45) is 0 Å². The van der Waals surface area contributed by atoms with Crippen molar-refractivity contribution in [3.63, 3.8) is 0 Å². The first-order chi connectivity index (χ1) is 11.6. The molecule has 0 unspecified atom stereocenters. The number of ketones is 1. The van der Waals surface area contributed by atoms with Gasteiger partial charge >= 0.3 is 0 Å². The molecule has 0 radical (unpaired) electrons. The van der Waals surface area contributed by atoms with Gasteiger partial charge < -0.3 is 10.1 Å². The molecule has 1 heterocycles. The molecule has 24 heavy (non-hydrogen) atoms. The van der Waals surface area contributed by atoms with Crippen LogP contribution >= 0.6 is 11.3 Å². The van der Waals surface area contributed by atoms with E-state index in [4.69, 9.17) is 4.74 Å². The number of aryl methyl sites for hydroxylation is 1. The molecule has 0 saturated carbocycles. The minimum Gasteiger partial charge on any atom is -0.494 e. The lowest BCUT2D eigenvalue weighted by atomic mass is 10.2. The molecule has 0 aliphatic heterocycles. The molecule has 0 atom stereocenters. The maximum atomic E-state index is 11.5. The molecule has 0 saturated heterocycles. The lowest BCUT2D eigenvalue weighted by Gasteiger charge is -2.07. The highest BCUT2D eigenvalue weighted by Gasteiger charge is 2.11. The number of nitrogens with one attached hydrogen (secondary N) is 1. The molecular formula is C19H26N2O2S. The minimum atomic E-state index is 0.0562. The van der Waals surface area contributed by atoms with Crippen molar-refractivity contribution in [2.45, 2.75) is 52.9 Å². The highest BCUT2D eigenvalue weighted by molar-refractivity contribution is 7.17. The summed E-state index contributed by atoms with van der Waals surface area (Å²) in [5, 5.41) is 3.98. The lowest BCUT2D eigenvalue weighted by molar-refractivity contribution is 0.102. The second-order valence-corrected chi connectivity index (χ2v) is 6.90. The summed E-state index contributed by atoms with van der Waals surface area (Å²) in [6.07, 6.45) is 6.20. The monoisotopic (exact) mass is 346 g/mol. The number of Topliss-reactive ketones (excluding diaryl/α,β-unsaturated/α-hetero) is 1. The highest BCUT2D eigenvalue weighted by Crippen LogP contribution is 2.27. The Labute approximate surface area is 148 Å². The number of hydrogen-bond acceptors (Lipinski definition) is 5. The van der Waals surface area contributed by atoms with E-state index in [1.807, 2.05) is 31.2 Å². The Morgan fingerprint density at radius 2 is 1.88 bits per heavy atom. The van der Waals surface area contributed by atoms with Gasteiger partial charge in [-0.15, -0.1) is 0 Å². The van der Waals surface area contributed by atoms with Gasteiger partial charge in [0.25, 0.3) is 0 Å². The fourth-order valence-electron chi connectivity index (χ4n) is 2.43. The number of ether oxygens (including phenoxy) is 1. The van der Waals surface area contributed by atoms with Gasteiger partial charge in [-0.05, 0) is 37.6 Å². The van der Waals surface area contributed by atoms with Gasteiger partial charge in [0, 0.05) is 12.6 Å². The Kier molecular flexibility index (Phi) is 7.25. The van der Waals surface area contributed by atoms with Crippen molar-refractivity contribution in [2.75, 3.05) is 11.9 Å². The third kappa shape index (κ3) is 5.64. The van der Waals surface area contributed by atoms with Gasteiger partial charge in [-0.3, -0.25) is 4.79 Å². The molecule has 130 valence electrons. The summed E-state index contributed by atoms with van der Waals surface area (Å²) in [4.78, 5) is 16.6. The number of thiazole rings is 1. The van der Waals surface area contributed by atoms with Crippen LogP contribution in [-0.4, -0.2) is 17.4 Å². The summed E-state index contributed by atoms with van der Waals surface area (Å²) in [6, 6.07) is 7.86. The molecular weight excluding hydrogens is 320 g/mol. The van der Waals surface area contributed by atoms with Crippen LogP contribution in [0.2, 0.25) is 0 Å². The highest BCUT2D eigenvalue weighted by atomic mass is 32.1. The van der Waals surface area contributed by atoms with Crippen molar-refractivity contribution < 1.29 is 9.53 Å². The summed E-state index contributed by atoms with van der Waals surface area (Å²) >= 11 is 1.39. The maximum absolute atomic E-state index is 11.5. The molecule has 1 aromatic heterocycles. The average Bonchev–Trinajstić information content (AvgIpc) is 2.93. The molecule has 0 amide bonds. The Morgan fingerprint density at radius 3 is 2.50 bits per heavy atom. The van der Waals surface area contributed by atoms with Crippen LogP contribution in [0.3, 0.4) is 0 Å². The van der Waals surface area contributed by atoms with Crippen molar-refractivity contribution >= 4 is 27.9 Å². The van der Waals surface area contributed by atoms with E-state index < -0.39 is 0 Å². The number of rotatable bonds is 10. The first-order valence-corrected chi connectivity index (χ1v) is 9.40. The van der Waals surface area contributed by atoms with Gasteiger partial charge in [-0.25, -0.2) is 4.98 Å². The summed E-state index contributed by atoms with van der Waals surface area (Å²) in [6.45, 7) is 6.42. The van der Waals surface area contributed by atoms with Crippen LogP contribution < -0.4 is 10.1 Å². The van der Waals surface area contributed by atoms with Crippen LogP contribution in [-0.2, 0) is 0 Å². The van der Waals surface area contributed by atoms with Crippen LogP contribution in [0.5, 0.6) is 5.75 Å². The maximum Gasteiger partial charge on any atom is 0.188 e. The molecule has 0 aliphatic carbocycles.